The molecule has 0 amide bonds. The highest BCUT2D eigenvalue weighted by Gasteiger charge is 2.27. The molecule has 0 fully saturated rings. The van der Waals surface area contributed by atoms with Crippen LogP contribution in [-0.2, 0) is 11.2 Å². The van der Waals surface area contributed by atoms with Crippen LogP contribution in [0.5, 0.6) is 0 Å². The SMILES string of the molecule is Nc1ccc2nc(CCOCC(F)(F)F)sc2c1. The Labute approximate surface area is 105 Å². The van der Waals surface area contributed by atoms with E-state index in [1.54, 1.807) is 18.2 Å². The molecule has 0 aliphatic carbocycles. The summed E-state index contributed by atoms with van der Waals surface area (Å²) in [5, 5.41) is 0.748. The van der Waals surface area contributed by atoms with Gasteiger partial charge in [0.05, 0.1) is 21.8 Å². The van der Waals surface area contributed by atoms with Crippen molar-refractivity contribution in [2.75, 3.05) is 18.9 Å². The number of fused-ring (bicyclic) bond motifs is 1. The molecular formula is C11H11F3N2OS. The maximum absolute atomic E-state index is 11.8. The summed E-state index contributed by atoms with van der Waals surface area (Å²) >= 11 is 1.42. The number of hydrogen-bond donors (Lipinski definition) is 1. The third-order valence-corrected chi connectivity index (χ3v) is 3.26. The molecule has 2 aromatic rings. The van der Waals surface area contributed by atoms with E-state index in [1.807, 2.05) is 0 Å². The zero-order valence-corrected chi connectivity index (χ0v) is 10.1. The first-order valence-corrected chi connectivity index (χ1v) is 6.05. The molecule has 1 aromatic carbocycles. The average molecular weight is 276 g/mol. The van der Waals surface area contributed by atoms with Crippen LogP contribution < -0.4 is 5.73 Å². The van der Waals surface area contributed by atoms with Gasteiger partial charge in [-0.05, 0) is 18.2 Å². The largest absolute Gasteiger partial charge is 0.411 e. The van der Waals surface area contributed by atoms with Crippen molar-refractivity contribution >= 4 is 27.2 Å². The number of nitrogens with zero attached hydrogens (tertiary/aromatic N) is 1. The summed E-state index contributed by atoms with van der Waals surface area (Å²) in [6, 6.07) is 5.33. The quantitative estimate of drug-likeness (QED) is 0.690. The van der Waals surface area contributed by atoms with Crippen molar-refractivity contribution in [1.82, 2.24) is 4.98 Å². The third-order valence-electron chi connectivity index (χ3n) is 2.18. The molecule has 0 bridgehead atoms. The molecule has 0 saturated carbocycles. The van der Waals surface area contributed by atoms with Crippen LogP contribution in [0.15, 0.2) is 18.2 Å². The predicted octanol–water partition coefficient (Wildman–Crippen LogP) is 3.00. The number of nitrogens with two attached hydrogens (primary N) is 1. The molecule has 0 atom stereocenters. The van der Waals surface area contributed by atoms with Crippen LogP contribution in [0.2, 0.25) is 0 Å². The Hall–Kier alpha value is -1.34. The van der Waals surface area contributed by atoms with Crippen molar-refractivity contribution in [3.05, 3.63) is 23.2 Å². The molecule has 3 nitrogen and oxygen atoms in total. The first-order chi connectivity index (χ1) is 8.44. The average Bonchev–Trinajstić information content (AvgIpc) is 2.65. The van der Waals surface area contributed by atoms with Crippen LogP contribution >= 0.6 is 11.3 Å². The van der Waals surface area contributed by atoms with Gasteiger partial charge < -0.3 is 10.5 Å². The highest BCUT2D eigenvalue weighted by Crippen LogP contribution is 2.24. The minimum absolute atomic E-state index is 0.00874. The Morgan fingerprint density at radius 1 is 1.33 bits per heavy atom. The lowest BCUT2D eigenvalue weighted by Crippen LogP contribution is -2.17. The Morgan fingerprint density at radius 3 is 2.83 bits per heavy atom. The van der Waals surface area contributed by atoms with Gasteiger partial charge in [0.25, 0.3) is 0 Å². The standard InChI is InChI=1S/C11H11F3N2OS/c12-11(13,14)6-17-4-3-10-16-8-2-1-7(15)5-9(8)18-10/h1-2,5H,3-4,6,15H2. The molecule has 2 N–H and O–H groups in total. The van der Waals surface area contributed by atoms with E-state index in [1.165, 1.54) is 11.3 Å². The van der Waals surface area contributed by atoms with Crippen LogP contribution in [0.3, 0.4) is 0 Å². The predicted molar refractivity (Wildman–Crippen MR) is 64.6 cm³/mol. The van der Waals surface area contributed by atoms with Gasteiger partial charge in [-0.1, -0.05) is 0 Å². The van der Waals surface area contributed by atoms with Gasteiger partial charge in [-0.2, -0.15) is 13.2 Å². The van der Waals surface area contributed by atoms with E-state index in [2.05, 4.69) is 9.72 Å². The van der Waals surface area contributed by atoms with Gasteiger partial charge in [0, 0.05) is 12.1 Å². The van der Waals surface area contributed by atoms with Crippen molar-refractivity contribution in [3.8, 4) is 0 Å². The van der Waals surface area contributed by atoms with E-state index in [-0.39, 0.29) is 6.61 Å². The smallest absolute Gasteiger partial charge is 0.399 e. The summed E-state index contributed by atoms with van der Waals surface area (Å²) in [7, 11) is 0. The minimum Gasteiger partial charge on any atom is -0.399 e. The number of anilines is 1. The summed E-state index contributed by atoms with van der Waals surface area (Å²) in [6.45, 7) is -1.21. The van der Waals surface area contributed by atoms with Gasteiger partial charge in [-0.3, -0.25) is 0 Å². The number of rotatable bonds is 4. The van der Waals surface area contributed by atoms with Crippen LogP contribution in [0.1, 0.15) is 5.01 Å². The van der Waals surface area contributed by atoms with E-state index in [4.69, 9.17) is 5.73 Å². The highest BCUT2D eigenvalue weighted by molar-refractivity contribution is 7.18. The number of aromatic nitrogens is 1. The minimum atomic E-state index is -4.28. The van der Waals surface area contributed by atoms with E-state index in [9.17, 15) is 13.2 Å². The Balaban J connectivity index is 1.92. The van der Waals surface area contributed by atoms with Crippen molar-refractivity contribution in [2.24, 2.45) is 0 Å². The lowest BCUT2D eigenvalue weighted by molar-refractivity contribution is -0.173. The van der Waals surface area contributed by atoms with E-state index >= 15 is 0 Å². The maximum Gasteiger partial charge on any atom is 0.411 e. The normalized spacial score (nSPS) is 12.2. The fraction of sp³-hybridized carbons (Fsp3) is 0.364. The van der Waals surface area contributed by atoms with Crippen molar-refractivity contribution < 1.29 is 17.9 Å². The Kier molecular flexibility index (Phi) is 3.72. The molecule has 0 aliphatic rings. The van der Waals surface area contributed by atoms with E-state index in [0.29, 0.717) is 12.1 Å². The molecule has 18 heavy (non-hydrogen) atoms. The lowest BCUT2D eigenvalue weighted by atomic mass is 10.3. The second-order valence-electron chi connectivity index (χ2n) is 3.75. The number of alkyl halides is 3. The number of hydrogen-bond acceptors (Lipinski definition) is 4. The molecule has 0 spiro atoms. The molecule has 0 unspecified atom stereocenters. The van der Waals surface area contributed by atoms with Gasteiger partial charge in [0.15, 0.2) is 0 Å². The van der Waals surface area contributed by atoms with Crippen molar-refractivity contribution in [3.63, 3.8) is 0 Å². The zero-order valence-electron chi connectivity index (χ0n) is 9.33. The maximum atomic E-state index is 11.8. The van der Waals surface area contributed by atoms with Gasteiger partial charge in [-0.15, -0.1) is 11.3 Å². The van der Waals surface area contributed by atoms with Gasteiger partial charge in [0.2, 0.25) is 0 Å². The Morgan fingerprint density at radius 2 is 2.11 bits per heavy atom. The number of benzene rings is 1. The second-order valence-corrected chi connectivity index (χ2v) is 4.87. The molecule has 1 aromatic heterocycles. The molecular weight excluding hydrogens is 265 g/mol. The highest BCUT2D eigenvalue weighted by atomic mass is 32.1. The number of ether oxygens (including phenoxy) is 1. The third kappa shape index (κ3) is 3.58. The van der Waals surface area contributed by atoms with Crippen LogP contribution in [0.25, 0.3) is 10.2 Å². The molecule has 98 valence electrons. The van der Waals surface area contributed by atoms with Gasteiger partial charge in [-0.25, -0.2) is 4.98 Å². The second kappa shape index (κ2) is 5.11. The number of halogens is 3. The fourth-order valence-electron chi connectivity index (χ4n) is 1.44. The van der Waals surface area contributed by atoms with Gasteiger partial charge in [0.1, 0.15) is 6.61 Å². The number of nitrogen functional groups attached to an aromatic ring is 1. The molecule has 0 aliphatic heterocycles. The zero-order chi connectivity index (χ0) is 13.2. The molecule has 0 saturated heterocycles. The van der Waals surface area contributed by atoms with Crippen molar-refractivity contribution in [2.45, 2.75) is 12.6 Å². The molecule has 1 heterocycles. The van der Waals surface area contributed by atoms with E-state index in [0.717, 1.165) is 15.2 Å². The van der Waals surface area contributed by atoms with Crippen LogP contribution in [-0.4, -0.2) is 24.4 Å². The molecule has 0 radical (unpaired) electrons. The molecule has 2 rings (SSSR count). The van der Waals surface area contributed by atoms with Crippen LogP contribution in [0.4, 0.5) is 18.9 Å². The summed E-state index contributed by atoms with van der Waals surface area (Å²) in [6.07, 6.45) is -3.91. The summed E-state index contributed by atoms with van der Waals surface area (Å²) < 4.78 is 41.0. The first-order valence-electron chi connectivity index (χ1n) is 5.23. The van der Waals surface area contributed by atoms with Gasteiger partial charge >= 0.3 is 6.18 Å². The summed E-state index contributed by atoms with van der Waals surface area (Å²) in [4.78, 5) is 4.29. The molecule has 7 heteroatoms. The van der Waals surface area contributed by atoms with Crippen LogP contribution in [0, 0.1) is 0 Å². The monoisotopic (exact) mass is 276 g/mol. The lowest BCUT2D eigenvalue weighted by Gasteiger charge is -2.05. The Bertz CT molecular complexity index is 539. The topological polar surface area (TPSA) is 48.1 Å². The van der Waals surface area contributed by atoms with Crippen molar-refractivity contribution in [1.29, 1.82) is 0 Å². The summed E-state index contributed by atoms with van der Waals surface area (Å²) in [5.41, 5.74) is 7.08. The fourth-order valence-corrected chi connectivity index (χ4v) is 2.44. The summed E-state index contributed by atoms with van der Waals surface area (Å²) in [5.74, 6) is 0. The number of thiazole rings is 1. The van der Waals surface area contributed by atoms with E-state index < -0.39 is 12.8 Å². The first kappa shape index (κ1) is 13.1.